The molecule has 1 aromatic rings. The van der Waals surface area contributed by atoms with Gasteiger partial charge in [0.25, 0.3) is 0 Å². The number of nitrogen functional groups attached to an aromatic ring is 1. The van der Waals surface area contributed by atoms with E-state index in [1.54, 1.807) is 6.92 Å². The first kappa shape index (κ1) is 15.1. The zero-order valence-electron chi connectivity index (χ0n) is 11.4. The number of thiophene rings is 1. The maximum Gasteiger partial charge on any atom is 0.183 e. The minimum Gasteiger partial charge on any atom is -0.396 e. The number of sulfone groups is 1. The lowest BCUT2D eigenvalue weighted by atomic mass is 10.3. The van der Waals surface area contributed by atoms with Crippen LogP contribution >= 0.6 is 11.3 Å². The van der Waals surface area contributed by atoms with E-state index in [9.17, 15) is 8.42 Å². The fraction of sp³-hybridized carbons (Fsp3) is 0.583. The lowest BCUT2D eigenvalue weighted by Gasteiger charge is -2.32. The quantitative estimate of drug-likeness (QED) is 0.901. The Bertz CT molecular complexity index is 646. The molecular formula is C12H17N3O3S2. The Morgan fingerprint density at radius 1 is 1.60 bits per heavy atom. The summed E-state index contributed by atoms with van der Waals surface area (Å²) < 4.78 is 30.0. The average Bonchev–Trinajstić information content (AvgIpc) is 2.76. The van der Waals surface area contributed by atoms with Gasteiger partial charge in [0.2, 0.25) is 0 Å². The predicted octanol–water partition coefficient (Wildman–Crippen LogP) is 1.22. The number of nitrogens with two attached hydrogens (primary N) is 1. The molecule has 0 bridgehead atoms. The monoisotopic (exact) mass is 315 g/mol. The van der Waals surface area contributed by atoms with Crippen molar-refractivity contribution in [1.82, 2.24) is 0 Å². The van der Waals surface area contributed by atoms with E-state index in [1.165, 1.54) is 0 Å². The summed E-state index contributed by atoms with van der Waals surface area (Å²) in [5.74, 6) is -0.0360. The minimum absolute atomic E-state index is 0.0230. The molecule has 0 aromatic carbocycles. The fourth-order valence-electron chi connectivity index (χ4n) is 2.16. The van der Waals surface area contributed by atoms with Crippen molar-refractivity contribution in [2.45, 2.75) is 24.8 Å². The zero-order valence-corrected chi connectivity index (χ0v) is 13.1. The van der Waals surface area contributed by atoms with Crippen LogP contribution < -0.4 is 10.6 Å². The standard InChI is InChI=1S/C12H17N3O3S2/c1-3-20(16,17)11-10(14)9(6-13)19-12(11)15-4-5-18-8(2)7-15/h8H,3-5,7,14H2,1-2H3. The third kappa shape index (κ3) is 2.61. The molecule has 1 saturated heterocycles. The highest BCUT2D eigenvalue weighted by Gasteiger charge is 2.30. The van der Waals surface area contributed by atoms with Crippen molar-refractivity contribution in [2.24, 2.45) is 0 Å². The van der Waals surface area contributed by atoms with Gasteiger partial charge in [-0.15, -0.1) is 11.3 Å². The van der Waals surface area contributed by atoms with E-state index < -0.39 is 9.84 Å². The smallest absolute Gasteiger partial charge is 0.183 e. The van der Waals surface area contributed by atoms with Crippen molar-refractivity contribution >= 4 is 31.9 Å². The van der Waals surface area contributed by atoms with Gasteiger partial charge in [0.15, 0.2) is 9.84 Å². The third-order valence-corrected chi connectivity index (χ3v) is 6.30. The summed E-state index contributed by atoms with van der Waals surface area (Å²) in [6.45, 7) is 5.23. The van der Waals surface area contributed by atoms with Crippen molar-refractivity contribution in [1.29, 1.82) is 5.26 Å². The summed E-state index contributed by atoms with van der Waals surface area (Å²) in [5.41, 5.74) is 5.95. The second kappa shape index (κ2) is 5.60. The molecule has 1 aliphatic rings. The Morgan fingerprint density at radius 2 is 2.30 bits per heavy atom. The lowest BCUT2D eigenvalue weighted by Crippen LogP contribution is -2.41. The molecule has 2 N–H and O–H groups in total. The van der Waals surface area contributed by atoms with Gasteiger partial charge in [0.05, 0.1) is 24.2 Å². The van der Waals surface area contributed by atoms with Gasteiger partial charge in [0.1, 0.15) is 20.8 Å². The van der Waals surface area contributed by atoms with Crippen molar-refractivity contribution in [3.8, 4) is 6.07 Å². The van der Waals surface area contributed by atoms with Crippen LogP contribution in [0.25, 0.3) is 0 Å². The number of hydrogen-bond acceptors (Lipinski definition) is 7. The number of rotatable bonds is 3. The molecule has 0 aliphatic carbocycles. The number of anilines is 2. The largest absolute Gasteiger partial charge is 0.396 e. The second-order valence-corrected chi connectivity index (χ2v) is 7.84. The molecule has 1 aliphatic heterocycles. The second-order valence-electron chi connectivity index (χ2n) is 4.62. The average molecular weight is 315 g/mol. The number of hydrogen-bond donors (Lipinski definition) is 1. The maximum atomic E-state index is 12.3. The van der Waals surface area contributed by atoms with E-state index in [4.69, 9.17) is 15.7 Å². The summed E-state index contributed by atoms with van der Waals surface area (Å²) >= 11 is 1.14. The molecule has 2 heterocycles. The van der Waals surface area contributed by atoms with Crippen LogP contribution in [-0.4, -0.2) is 40.0 Å². The Balaban J connectivity index is 2.55. The molecule has 2 rings (SSSR count). The fourth-order valence-corrected chi connectivity index (χ4v) is 4.80. The summed E-state index contributed by atoms with van der Waals surface area (Å²) in [7, 11) is -3.46. The third-order valence-electron chi connectivity index (χ3n) is 3.20. The molecule has 110 valence electrons. The van der Waals surface area contributed by atoms with Gasteiger partial charge in [-0.3, -0.25) is 0 Å². The molecule has 0 radical (unpaired) electrons. The molecule has 20 heavy (non-hydrogen) atoms. The molecule has 1 unspecified atom stereocenters. The summed E-state index contributed by atoms with van der Waals surface area (Å²) in [6, 6.07) is 1.97. The van der Waals surface area contributed by atoms with Crippen LogP contribution in [0.3, 0.4) is 0 Å². The van der Waals surface area contributed by atoms with E-state index in [2.05, 4.69) is 0 Å². The molecule has 0 saturated carbocycles. The Morgan fingerprint density at radius 3 is 2.85 bits per heavy atom. The van der Waals surface area contributed by atoms with Crippen molar-refractivity contribution in [3.63, 3.8) is 0 Å². The first-order valence-corrected chi connectivity index (χ1v) is 8.79. The van der Waals surface area contributed by atoms with Crippen LogP contribution in [-0.2, 0) is 14.6 Å². The number of nitriles is 1. The summed E-state index contributed by atoms with van der Waals surface area (Å²) in [5, 5.41) is 9.65. The molecule has 8 heteroatoms. The van der Waals surface area contributed by atoms with Gasteiger partial charge in [-0.1, -0.05) is 6.92 Å². The SMILES string of the molecule is CCS(=O)(=O)c1c(N2CCOC(C)C2)sc(C#N)c1N. The molecular weight excluding hydrogens is 298 g/mol. The topological polar surface area (TPSA) is 96.4 Å². The highest BCUT2D eigenvalue weighted by Crippen LogP contribution is 2.42. The Kier molecular flexibility index (Phi) is 4.22. The van der Waals surface area contributed by atoms with E-state index >= 15 is 0 Å². The van der Waals surface area contributed by atoms with E-state index in [1.807, 2.05) is 17.9 Å². The van der Waals surface area contributed by atoms with Crippen molar-refractivity contribution < 1.29 is 13.2 Å². The predicted molar refractivity (Wildman–Crippen MR) is 78.8 cm³/mol. The number of ether oxygens (including phenoxy) is 1. The summed E-state index contributed by atoms with van der Waals surface area (Å²) in [6.07, 6.45) is 0.0230. The van der Waals surface area contributed by atoms with Crippen molar-refractivity contribution in [2.75, 3.05) is 36.1 Å². The maximum absolute atomic E-state index is 12.3. The van der Waals surface area contributed by atoms with Crippen LogP contribution in [0, 0.1) is 11.3 Å². The molecule has 6 nitrogen and oxygen atoms in total. The first-order valence-electron chi connectivity index (χ1n) is 6.32. The normalized spacial score (nSPS) is 19.9. The number of nitrogens with zero attached hydrogens (tertiary/aromatic N) is 2. The van der Waals surface area contributed by atoms with Crippen LogP contribution in [0.5, 0.6) is 0 Å². The van der Waals surface area contributed by atoms with Gasteiger partial charge >= 0.3 is 0 Å². The molecule has 0 spiro atoms. The minimum atomic E-state index is -3.46. The van der Waals surface area contributed by atoms with Crippen LogP contribution in [0.2, 0.25) is 0 Å². The van der Waals surface area contributed by atoms with Gasteiger partial charge in [-0.05, 0) is 6.92 Å². The number of morpholine rings is 1. The summed E-state index contributed by atoms with van der Waals surface area (Å²) in [4.78, 5) is 2.31. The highest BCUT2D eigenvalue weighted by atomic mass is 32.2. The molecule has 0 amide bonds. The van der Waals surface area contributed by atoms with Gasteiger partial charge in [-0.25, -0.2) is 8.42 Å². The van der Waals surface area contributed by atoms with Crippen LogP contribution in [0.1, 0.15) is 18.7 Å². The zero-order chi connectivity index (χ0) is 14.9. The molecule has 1 aromatic heterocycles. The van der Waals surface area contributed by atoms with E-state index in [-0.39, 0.29) is 27.3 Å². The van der Waals surface area contributed by atoms with Crippen LogP contribution in [0.15, 0.2) is 4.90 Å². The highest BCUT2D eigenvalue weighted by molar-refractivity contribution is 7.91. The first-order chi connectivity index (χ1) is 9.40. The van der Waals surface area contributed by atoms with E-state index in [0.29, 0.717) is 24.7 Å². The van der Waals surface area contributed by atoms with Gasteiger partial charge in [-0.2, -0.15) is 5.26 Å². The lowest BCUT2D eigenvalue weighted by molar-refractivity contribution is 0.0533. The van der Waals surface area contributed by atoms with Crippen LogP contribution in [0.4, 0.5) is 10.7 Å². The molecule has 1 atom stereocenters. The Labute approximate surface area is 122 Å². The van der Waals surface area contributed by atoms with Crippen molar-refractivity contribution in [3.05, 3.63) is 4.88 Å². The van der Waals surface area contributed by atoms with Gasteiger partial charge < -0.3 is 15.4 Å². The molecule has 1 fully saturated rings. The van der Waals surface area contributed by atoms with Gasteiger partial charge in [0, 0.05) is 13.1 Å². The van der Waals surface area contributed by atoms with E-state index in [0.717, 1.165) is 11.3 Å². The Hall–Kier alpha value is -1.30.